The summed E-state index contributed by atoms with van der Waals surface area (Å²) in [6, 6.07) is 4.21. The second kappa shape index (κ2) is 24.1. The number of hydrogen-bond donors (Lipinski definition) is 11. The van der Waals surface area contributed by atoms with Crippen molar-refractivity contribution in [2.45, 2.75) is 68.7 Å². The smallest absolute Gasteiger partial charge is 0.243 e. The lowest BCUT2D eigenvalue weighted by Crippen LogP contribution is -2.59. The van der Waals surface area contributed by atoms with E-state index in [9.17, 15) is 34.5 Å². The van der Waals surface area contributed by atoms with E-state index < -0.39 is 60.4 Å². The lowest BCUT2D eigenvalue weighted by Gasteiger charge is -2.27. The van der Waals surface area contributed by atoms with Crippen LogP contribution in [-0.4, -0.2) is 95.4 Å². The van der Waals surface area contributed by atoms with E-state index >= 15 is 0 Å². The first-order chi connectivity index (χ1) is 22.0. The van der Waals surface area contributed by atoms with Gasteiger partial charge in [-0.3, -0.25) is 19.2 Å². The predicted octanol–water partition coefficient (Wildman–Crippen LogP) is -0.754. The highest BCUT2D eigenvalue weighted by molar-refractivity contribution is 5.95. The summed E-state index contributed by atoms with van der Waals surface area (Å²) in [4.78, 5) is 53.6. The molecule has 4 amide bonds. The fourth-order valence-electron chi connectivity index (χ4n) is 5.10. The van der Waals surface area contributed by atoms with E-state index in [0.717, 1.165) is 0 Å². The summed E-state index contributed by atoms with van der Waals surface area (Å²) in [7, 11) is 0. The van der Waals surface area contributed by atoms with Crippen LogP contribution in [0.3, 0.4) is 0 Å². The fraction of sp³-hybridized carbons (Fsp3) is 0.484. The molecule has 0 aromatic heterocycles. The van der Waals surface area contributed by atoms with Gasteiger partial charge in [-0.25, -0.2) is 0 Å². The van der Waals surface area contributed by atoms with Crippen molar-refractivity contribution >= 4 is 73.3 Å². The van der Waals surface area contributed by atoms with Gasteiger partial charge in [-0.15, -0.1) is 49.6 Å². The molecular weight excluding hydrogens is 738 g/mol. The van der Waals surface area contributed by atoms with Crippen LogP contribution in [0.15, 0.2) is 36.4 Å². The lowest BCUT2D eigenvalue weighted by atomic mass is 9.95. The zero-order chi connectivity index (χ0) is 33.8. The van der Waals surface area contributed by atoms with E-state index in [0.29, 0.717) is 35.1 Å². The molecule has 3 rings (SSSR count). The second-order valence-corrected chi connectivity index (χ2v) is 11.4. The largest absolute Gasteiger partial charge is 0.508 e. The Bertz CT molecular complexity index is 1390. The average molecular weight is 789 g/mol. The van der Waals surface area contributed by atoms with Gasteiger partial charge in [-0.1, -0.05) is 12.1 Å². The number of phenolic OH excluding ortho intramolecular Hbond substituents is 2. The highest BCUT2D eigenvalue weighted by atomic mass is 35.5. The highest BCUT2D eigenvalue weighted by Gasteiger charge is 2.32. The van der Waals surface area contributed by atoms with Crippen LogP contribution < -0.4 is 44.2 Å². The molecule has 0 saturated carbocycles. The summed E-state index contributed by atoms with van der Waals surface area (Å²) in [5.41, 5.74) is 25.1. The Morgan fingerprint density at radius 3 is 1.90 bits per heavy atom. The Morgan fingerprint density at radius 1 is 0.820 bits per heavy atom. The third-order valence-corrected chi connectivity index (χ3v) is 7.84. The highest BCUT2D eigenvalue weighted by Crippen LogP contribution is 2.31. The standard InChI is InChI=1S/C31H46N8O7.4ClH/c32-9-1-3-23(29(44)36-21(15-34)16-40)38-31(46)25-14-20-12-18(6-8-27(20)42)17-5-7-26(41)19(11-17)13-22(35)28(43)37-24(4-2-10-33)30(45)39-25;;;;/h5-8,11-12,21-25,40-42H,1-4,9-10,13-16,32-35H2,(H,36,44)(H,37,43)(H,38,46)(H,39,45);4*1H/t21-,22-,23-,24-,25-;;;;/m0..../s1. The van der Waals surface area contributed by atoms with E-state index in [1.54, 1.807) is 24.3 Å². The maximum Gasteiger partial charge on any atom is 0.243 e. The molecule has 0 saturated heterocycles. The first kappa shape index (κ1) is 49.0. The van der Waals surface area contributed by atoms with Gasteiger partial charge >= 0.3 is 0 Å². The van der Waals surface area contributed by atoms with Crippen molar-refractivity contribution in [1.82, 2.24) is 21.3 Å². The number of carbonyl (C=O) groups excluding carboxylic acids is 4. The number of rotatable bonds is 12. The molecule has 0 spiro atoms. The average Bonchev–Trinajstić information content (AvgIpc) is 3.04. The maximum atomic E-state index is 13.8. The number of carbonyl (C=O) groups is 4. The minimum atomic E-state index is -1.31. The number of benzene rings is 2. The Morgan fingerprint density at radius 2 is 1.38 bits per heavy atom. The van der Waals surface area contributed by atoms with Crippen LogP contribution in [0.1, 0.15) is 36.8 Å². The number of aliphatic hydroxyl groups excluding tert-OH is 1. The summed E-state index contributed by atoms with van der Waals surface area (Å²) in [5.74, 6) is -2.87. The number of hydrogen-bond acceptors (Lipinski definition) is 11. The SMILES string of the molecule is Cl.Cl.Cl.Cl.NCCC[C@H](NC(=O)[C@@H]1Cc2cc(ccc2O)-c2ccc(O)c(c2)C[C@H](N)C(=O)N[C@@H](CCCN)C(=O)N1)C(=O)N[C@@H](CN)CO. The summed E-state index contributed by atoms with van der Waals surface area (Å²) < 4.78 is 0. The molecule has 0 aliphatic carbocycles. The minimum Gasteiger partial charge on any atom is -0.508 e. The molecule has 284 valence electrons. The molecule has 50 heavy (non-hydrogen) atoms. The minimum absolute atomic E-state index is 0. The molecule has 1 aliphatic heterocycles. The van der Waals surface area contributed by atoms with E-state index in [4.69, 9.17) is 22.9 Å². The van der Waals surface area contributed by atoms with Gasteiger partial charge in [0.25, 0.3) is 0 Å². The van der Waals surface area contributed by atoms with Crippen LogP contribution in [0.4, 0.5) is 0 Å². The van der Waals surface area contributed by atoms with Crippen molar-refractivity contribution in [1.29, 1.82) is 0 Å². The van der Waals surface area contributed by atoms with Gasteiger partial charge in [-0.05, 0) is 85.3 Å². The predicted molar refractivity (Wildman–Crippen MR) is 200 cm³/mol. The van der Waals surface area contributed by atoms with Gasteiger partial charge < -0.3 is 59.5 Å². The molecule has 15 N–H and O–H groups in total. The number of aliphatic hydroxyl groups is 1. The normalized spacial score (nSPS) is 18.3. The molecule has 0 fully saturated rings. The van der Waals surface area contributed by atoms with Crippen molar-refractivity contribution in [3.63, 3.8) is 0 Å². The Hall–Kier alpha value is -3.12. The first-order valence-electron chi connectivity index (χ1n) is 15.3. The Labute approximate surface area is 316 Å². The molecule has 0 radical (unpaired) electrons. The maximum absolute atomic E-state index is 13.8. The van der Waals surface area contributed by atoms with E-state index in [1.807, 2.05) is 0 Å². The molecule has 1 heterocycles. The van der Waals surface area contributed by atoms with Crippen LogP contribution in [0.5, 0.6) is 11.5 Å². The summed E-state index contributed by atoms with van der Waals surface area (Å²) in [6.07, 6.45) is 0.832. The topological polar surface area (TPSA) is 281 Å². The summed E-state index contributed by atoms with van der Waals surface area (Å²) in [5, 5.41) is 41.4. The lowest BCUT2D eigenvalue weighted by molar-refractivity contribution is -0.134. The molecule has 5 atom stereocenters. The van der Waals surface area contributed by atoms with E-state index in [2.05, 4.69) is 21.3 Å². The van der Waals surface area contributed by atoms with Crippen molar-refractivity contribution < 1.29 is 34.5 Å². The second-order valence-electron chi connectivity index (χ2n) is 11.4. The zero-order valence-corrected chi connectivity index (χ0v) is 30.6. The molecule has 19 heteroatoms. The van der Waals surface area contributed by atoms with Crippen molar-refractivity contribution in [3.05, 3.63) is 47.5 Å². The van der Waals surface area contributed by atoms with Crippen molar-refractivity contribution in [2.75, 3.05) is 26.2 Å². The number of amides is 4. The monoisotopic (exact) mass is 786 g/mol. The van der Waals surface area contributed by atoms with Crippen LogP contribution in [0.25, 0.3) is 11.1 Å². The summed E-state index contributed by atoms with van der Waals surface area (Å²) >= 11 is 0. The van der Waals surface area contributed by atoms with Gasteiger partial charge in [0.1, 0.15) is 29.6 Å². The third kappa shape index (κ3) is 13.9. The molecule has 15 nitrogen and oxygen atoms in total. The molecule has 2 aromatic carbocycles. The van der Waals surface area contributed by atoms with Gasteiger partial charge in [-0.2, -0.15) is 0 Å². The van der Waals surface area contributed by atoms with Gasteiger partial charge in [0, 0.05) is 19.4 Å². The van der Waals surface area contributed by atoms with Gasteiger partial charge in [0.15, 0.2) is 0 Å². The Balaban J connectivity index is 0. The van der Waals surface area contributed by atoms with Crippen molar-refractivity contribution in [3.8, 4) is 22.6 Å². The van der Waals surface area contributed by atoms with Gasteiger partial charge in [0.05, 0.1) is 18.7 Å². The molecular formula is C31H50Cl4N8O7. The number of fused-ring (bicyclic) bond motifs is 5. The van der Waals surface area contributed by atoms with Crippen molar-refractivity contribution in [2.24, 2.45) is 22.9 Å². The van der Waals surface area contributed by atoms with E-state index in [1.165, 1.54) is 12.1 Å². The van der Waals surface area contributed by atoms with Crippen LogP contribution in [-0.2, 0) is 32.0 Å². The number of nitrogens with one attached hydrogen (secondary N) is 4. The van der Waals surface area contributed by atoms with Gasteiger partial charge in [0.2, 0.25) is 23.6 Å². The molecule has 1 aliphatic rings. The van der Waals surface area contributed by atoms with Crippen LogP contribution in [0.2, 0.25) is 0 Å². The number of aromatic hydroxyl groups is 2. The zero-order valence-electron chi connectivity index (χ0n) is 27.3. The van der Waals surface area contributed by atoms with E-state index in [-0.39, 0.29) is 106 Å². The third-order valence-electron chi connectivity index (χ3n) is 7.84. The van der Waals surface area contributed by atoms with Crippen LogP contribution >= 0.6 is 49.6 Å². The number of halogens is 4. The number of nitrogens with two attached hydrogens (primary N) is 4. The summed E-state index contributed by atoms with van der Waals surface area (Å²) in [6.45, 7) is 0.0311. The quantitative estimate of drug-likeness (QED) is 0.127. The molecule has 4 bridgehead atoms. The fourth-order valence-corrected chi connectivity index (χ4v) is 5.10. The Kier molecular flexibility index (Phi) is 23.6. The van der Waals surface area contributed by atoms with Crippen LogP contribution in [0, 0.1) is 0 Å². The first-order valence-corrected chi connectivity index (χ1v) is 15.3. The molecule has 2 aromatic rings. The molecule has 0 unspecified atom stereocenters. The number of phenols is 2.